The highest BCUT2D eigenvalue weighted by molar-refractivity contribution is 14.1. The fourth-order valence-corrected chi connectivity index (χ4v) is 6.24. The van der Waals surface area contributed by atoms with Gasteiger partial charge in [-0.25, -0.2) is 4.79 Å². The molecular formula is C29H32IN3O2. The highest BCUT2D eigenvalue weighted by Crippen LogP contribution is 2.44. The number of alkyl carbamates (subject to hydrolysis) is 1. The molecule has 1 aliphatic carbocycles. The van der Waals surface area contributed by atoms with Crippen molar-refractivity contribution in [1.29, 1.82) is 0 Å². The maximum Gasteiger partial charge on any atom is 0.407 e. The van der Waals surface area contributed by atoms with Gasteiger partial charge in [-0.15, -0.1) is 0 Å². The van der Waals surface area contributed by atoms with Crippen molar-refractivity contribution >= 4 is 34.4 Å². The molecular weight excluding hydrogens is 549 g/mol. The quantitative estimate of drug-likeness (QED) is 0.382. The summed E-state index contributed by atoms with van der Waals surface area (Å²) in [5.74, 6) is 0.0660. The maximum absolute atomic E-state index is 12.8. The van der Waals surface area contributed by atoms with Gasteiger partial charge in [0.1, 0.15) is 6.61 Å². The van der Waals surface area contributed by atoms with Crippen LogP contribution >= 0.6 is 22.6 Å². The van der Waals surface area contributed by atoms with Crippen LogP contribution in [0.5, 0.6) is 0 Å². The summed E-state index contributed by atoms with van der Waals surface area (Å²) in [4.78, 5) is 15.3. The van der Waals surface area contributed by atoms with Gasteiger partial charge >= 0.3 is 6.09 Å². The van der Waals surface area contributed by atoms with Crippen molar-refractivity contribution in [3.05, 3.63) is 85.5 Å². The van der Waals surface area contributed by atoms with Crippen molar-refractivity contribution in [2.45, 2.75) is 33.2 Å². The van der Waals surface area contributed by atoms with Gasteiger partial charge in [0.15, 0.2) is 0 Å². The van der Waals surface area contributed by atoms with E-state index in [1.807, 2.05) is 0 Å². The molecule has 0 spiro atoms. The first-order chi connectivity index (χ1) is 17.0. The summed E-state index contributed by atoms with van der Waals surface area (Å²) >= 11 is 2.45. The number of amides is 1. The average molecular weight is 581 g/mol. The summed E-state index contributed by atoms with van der Waals surface area (Å²) in [6.45, 7) is 11.3. The number of nitrogens with zero attached hydrogens (tertiary/aromatic N) is 1. The zero-order valence-corrected chi connectivity index (χ0v) is 22.7. The van der Waals surface area contributed by atoms with Crippen LogP contribution in [-0.4, -0.2) is 38.9 Å². The molecule has 3 aromatic carbocycles. The minimum absolute atomic E-state index is 0.0660. The number of anilines is 1. The Balaban J connectivity index is 1.30. The number of nitrogens with one attached hydrogen (secondary N) is 2. The summed E-state index contributed by atoms with van der Waals surface area (Å²) in [6, 6.07) is 16.8. The Hall–Kier alpha value is -2.58. The summed E-state index contributed by atoms with van der Waals surface area (Å²) < 4.78 is 7.04. The normalized spacial score (nSPS) is 15.0. The van der Waals surface area contributed by atoms with Gasteiger partial charge in [0, 0.05) is 47.9 Å². The van der Waals surface area contributed by atoms with Crippen LogP contribution in [0.2, 0.25) is 0 Å². The van der Waals surface area contributed by atoms with Crippen LogP contribution in [0.25, 0.3) is 11.1 Å². The second-order valence-corrected chi connectivity index (χ2v) is 10.5. The van der Waals surface area contributed by atoms with E-state index in [9.17, 15) is 4.79 Å². The van der Waals surface area contributed by atoms with Crippen LogP contribution in [0.15, 0.2) is 48.5 Å². The summed E-state index contributed by atoms with van der Waals surface area (Å²) in [5.41, 5.74) is 11.2. The molecule has 35 heavy (non-hydrogen) atoms. The van der Waals surface area contributed by atoms with E-state index in [-0.39, 0.29) is 12.0 Å². The molecule has 0 atom stereocenters. The number of halogens is 1. The van der Waals surface area contributed by atoms with Gasteiger partial charge in [0.25, 0.3) is 0 Å². The number of fused-ring (bicyclic) bond motifs is 3. The smallest absolute Gasteiger partial charge is 0.407 e. The molecule has 5 rings (SSSR count). The molecule has 3 aromatic rings. The predicted molar refractivity (Wildman–Crippen MR) is 150 cm³/mol. The lowest BCUT2D eigenvalue weighted by atomic mass is 9.96. The largest absolute Gasteiger partial charge is 0.449 e. The number of hydrogen-bond acceptors (Lipinski definition) is 4. The molecule has 0 aromatic heterocycles. The van der Waals surface area contributed by atoms with Crippen LogP contribution in [-0.2, 0) is 11.3 Å². The van der Waals surface area contributed by atoms with Crippen LogP contribution < -0.4 is 15.5 Å². The minimum Gasteiger partial charge on any atom is -0.449 e. The lowest BCUT2D eigenvalue weighted by Gasteiger charge is -2.34. The second-order valence-electron chi connectivity index (χ2n) is 9.43. The molecule has 1 fully saturated rings. The Morgan fingerprint density at radius 2 is 1.57 bits per heavy atom. The van der Waals surface area contributed by atoms with Crippen molar-refractivity contribution in [3.63, 3.8) is 0 Å². The van der Waals surface area contributed by atoms with Gasteiger partial charge in [0.05, 0.1) is 0 Å². The topological polar surface area (TPSA) is 53.6 Å². The van der Waals surface area contributed by atoms with E-state index in [2.05, 4.69) is 107 Å². The zero-order valence-electron chi connectivity index (χ0n) is 20.6. The third-order valence-electron chi connectivity index (χ3n) is 7.46. The predicted octanol–water partition coefficient (Wildman–Crippen LogP) is 5.66. The van der Waals surface area contributed by atoms with Gasteiger partial charge in [-0.2, -0.15) is 0 Å². The molecule has 6 heteroatoms. The molecule has 1 saturated heterocycles. The number of hydrogen-bond donors (Lipinski definition) is 2. The first kappa shape index (κ1) is 24.1. The van der Waals surface area contributed by atoms with Crippen LogP contribution in [0, 0.1) is 24.3 Å². The second kappa shape index (κ2) is 10.2. The van der Waals surface area contributed by atoms with Crippen LogP contribution in [0.3, 0.4) is 0 Å². The highest BCUT2D eigenvalue weighted by Gasteiger charge is 2.29. The van der Waals surface area contributed by atoms with Gasteiger partial charge in [-0.05, 0) is 87.9 Å². The summed E-state index contributed by atoms with van der Waals surface area (Å²) in [5, 5.41) is 6.47. The van der Waals surface area contributed by atoms with Gasteiger partial charge in [-0.1, -0.05) is 48.5 Å². The van der Waals surface area contributed by atoms with Gasteiger partial charge < -0.3 is 20.3 Å². The Bertz CT molecular complexity index is 1220. The van der Waals surface area contributed by atoms with E-state index in [1.165, 1.54) is 53.8 Å². The van der Waals surface area contributed by atoms with E-state index in [1.54, 1.807) is 0 Å². The third kappa shape index (κ3) is 4.54. The van der Waals surface area contributed by atoms with Crippen molar-refractivity contribution in [3.8, 4) is 11.1 Å². The maximum atomic E-state index is 12.8. The van der Waals surface area contributed by atoms with Crippen molar-refractivity contribution in [2.75, 3.05) is 37.7 Å². The molecule has 0 unspecified atom stereocenters. The number of piperazine rings is 1. The molecule has 0 saturated carbocycles. The van der Waals surface area contributed by atoms with E-state index >= 15 is 0 Å². The molecule has 5 nitrogen and oxygen atoms in total. The number of rotatable bonds is 5. The Labute approximate surface area is 221 Å². The van der Waals surface area contributed by atoms with E-state index in [4.69, 9.17) is 4.74 Å². The molecule has 182 valence electrons. The van der Waals surface area contributed by atoms with Crippen molar-refractivity contribution in [1.82, 2.24) is 10.6 Å². The first-order valence-electron chi connectivity index (χ1n) is 12.3. The minimum atomic E-state index is -0.370. The van der Waals surface area contributed by atoms with Gasteiger partial charge in [-0.3, -0.25) is 0 Å². The highest BCUT2D eigenvalue weighted by atomic mass is 127. The molecule has 1 heterocycles. The van der Waals surface area contributed by atoms with E-state index in [0.29, 0.717) is 13.2 Å². The Morgan fingerprint density at radius 1 is 0.971 bits per heavy atom. The summed E-state index contributed by atoms with van der Waals surface area (Å²) in [6.07, 6.45) is -0.370. The molecule has 2 aliphatic rings. The number of benzene rings is 3. The Morgan fingerprint density at radius 3 is 2.20 bits per heavy atom. The van der Waals surface area contributed by atoms with Crippen LogP contribution in [0.1, 0.15) is 39.3 Å². The fourth-order valence-electron chi connectivity index (χ4n) is 5.66. The van der Waals surface area contributed by atoms with Gasteiger partial charge in [0.2, 0.25) is 0 Å². The van der Waals surface area contributed by atoms with Crippen molar-refractivity contribution in [2.24, 2.45) is 0 Å². The monoisotopic (exact) mass is 581 g/mol. The standard InChI is InChI=1S/C29H32IN3O2/c1-18-25(19(2)28(20(3)27(18)30)33-14-12-31-13-15-33)16-32-29(34)35-17-26-23-10-6-4-8-21(23)22-9-5-7-11-24(22)26/h4-11,26,31H,12-17H2,1-3H3,(H,32,34). The van der Waals surface area contributed by atoms with Crippen LogP contribution in [0.4, 0.5) is 10.5 Å². The number of carbonyl (C=O) groups excluding carboxylic acids is 1. The molecule has 2 N–H and O–H groups in total. The SMILES string of the molecule is Cc1c(I)c(C)c(N2CCNCC2)c(C)c1CNC(=O)OCC1c2ccccc2-c2ccccc21. The lowest BCUT2D eigenvalue weighted by molar-refractivity contribution is 0.142. The van der Waals surface area contributed by atoms with E-state index < -0.39 is 0 Å². The third-order valence-corrected chi connectivity index (χ3v) is 9.08. The Kier molecular flexibility index (Phi) is 7.02. The molecule has 0 radical (unpaired) electrons. The zero-order chi connectivity index (χ0) is 24.5. The molecule has 1 amide bonds. The molecule has 1 aliphatic heterocycles. The fraction of sp³-hybridized carbons (Fsp3) is 0.345. The van der Waals surface area contributed by atoms with E-state index in [0.717, 1.165) is 26.2 Å². The summed E-state index contributed by atoms with van der Waals surface area (Å²) in [7, 11) is 0. The van der Waals surface area contributed by atoms with Crippen molar-refractivity contribution < 1.29 is 9.53 Å². The first-order valence-corrected chi connectivity index (χ1v) is 13.4. The average Bonchev–Trinajstić information content (AvgIpc) is 3.20. The number of carbonyl (C=O) groups is 1. The lowest BCUT2D eigenvalue weighted by Crippen LogP contribution is -2.44. The number of ether oxygens (including phenoxy) is 1. The molecule has 0 bridgehead atoms.